The minimum atomic E-state index is -3.76. The van der Waals surface area contributed by atoms with Crippen LogP contribution in [-0.2, 0) is 34.7 Å². The molecule has 1 rings (SSSR count). The first kappa shape index (κ1) is 21.4. The maximum absolute atomic E-state index is 11.6. The van der Waals surface area contributed by atoms with Crippen LogP contribution in [0.25, 0.3) is 0 Å². The molecule has 0 amide bonds. The molecule has 0 spiro atoms. The summed E-state index contributed by atoms with van der Waals surface area (Å²) >= 11 is 5.04. The van der Waals surface area contributed by atoms with Gasteiger partial charge in [0.15, 0.2) is 0 Å². The topological polar surface area (TPSA) is 94.5 Å². The van der Waals surface area contributed by atoms with Crippen molar-refractivity contribution in [3.05, 3.63) is 11.9 Å². The summed E-state index contributed by atoms with van der Waals surface area (Å²) in [5.41, 5.74) is 0. The predicted molar refractivity (Wildman–Crippen MR) is 91.6 cm³/mol. The number of hydrogen-bond donors (Lipinski definition) is 2. The second-order valence-corrected chi connectivity index (χ2v) is 10.4. The van der Waals surface area contributed by atoms with Crippen molar-refractivity contribution in [2.75, 3.05) is 14.2 Å². The van der Waals surface area contributed by atoms with Gasteiger partial charge in [0, 0.05) is 26.0 Å². The first-order valence-corrected chi connectivity index (χ1v) is 11.5. The van der Waals surface area contributed by atoms with Gasteiger partial charge in [-0.25, -0.2) is 0 Å². The molecule has 1 aliphatic rings. The lowest BCUT2D eigenvalue weighted by molar-refractivity contribution is -0.0150. The molecule has 0 radical (unpaired) electrons. The van der Waals surface area contributed by atoms with Crippen molar-refractivity contribution in [3.63, 3.8) is 0 Å². The first-order chi connectivity index (χ1) is 10.5. The van der Waals surface area contributed by atoms with E-state index in [-0.39, 0.29) is 24.0 Å². The fourth-order valence-electron chi connectivity index (χ4n) is 2.68. The molecule has 0 aromatic heterocycles. The van der Waals surface area contributed by atoms with Crippen LogP contribution in [0.15, 0.2) is 11.9 Å². The van der Waals surface area contributed by atoms with Crippen LogP contribution in [0.5, 0.6) is 0 Å². The molecule has 0 saturated heterocycles. The van der Waals surface area contributed by atoms with Crippen LogP contribution in [0.2, 0.25) is 0 Å². The van der Waals surface area contributed by atoms with Crippen LogP contribution in [0, 0.1) is 11.8 Å². The molecule has 0 aliphatic heterocycles. The van der Waals surface area contributed by atoms with Gasteiger partial charge < -0.3 is 28.1 Å². The Hall–Kier alpha value is 0.380. The molecule has 0 bridgehead atoms. The lowest BCUT2D eigenvalue weighted by Gasteiger charge is -2.28. The van der Waals surface area contributed by atoms with E-state index in [9.17, 15) is 14.4 Å². The van der Waals surface area contributed by atoms with Crippen LogP contribution < -0.4 is 0 Å². The maximum atomic E-state index is 11.6. The number of rotatable bonds is 8. The summed E-state index contributed by atoms with van der Waals surface area (Å²) < 4.78 is 32.5. The summed E-state index contributed by atoms with van der Waals surface area (Å²) in [6, 6.07) is 0. The molecule has 136 valence electrons. The van der Waals surface area contributed by atoms with Crippen molar-refractivity contribution in [2.24, 2.45) is 11.8 Å². The van der Waals surface area contributed by atoms with E-state index in [0.717, 1.165) is 5.82 Å². The summed E-state index contributed by atoms with van der Waals surface area (Å²) in [5, 5.41) is 0. The standard InChI is InChI=1S/C13H26O7P2S/c1-9(2)19-22(16,23)20-13-11(6-7-21(14,15)18-5)8-10(3)12(13)17-4/h6-7,9-13H,8H2,1-5H3,(H,14,15)(H,16,23)/b7-6+/t10-,11-,12-,13+,22?/m0/s1. The number of methoxy groups -OCH3 is 1. The maximum Gasteiger partial charge on any atom is 0.351 e. The highest BCUT2D eigenvalue weighted by atomic mass is 32.5. The zero-order valence-corrected chi connectivity index (χ0v) is 16.6. The van der Waals surface area contributed by atoms with E-state index in [2.05, 4.69) is 4.52 Å². The highest BCUT2D eigenvalue weighted by molar-refractivity contribution is 8.07. The SMILES string of the molecule is CO[C@@H]1[C@H](OP(O)(=S)OC(C)C)[C@@H](/C=C/P(=O)(O)OC)C[C@@H]1C. The summed E-state index contributed by atoms with van der Waals surface area (Å²) in [6.07, 6.45) is 1.11. The van der Waals surface area contributed by atoms with Crippen molar-refractivity contribution in [1.29, 1.82) is 0 Å². The molecule has 23 heavy (non-hydrogen) atoms. The van der Waals surface area contributed by atoms with Crippen molar-refractivity contribution in [2.45, 2.75) is 45.5 Å². The predicted octanol–water partition coefficient (Wildman–Crippen LogP) is 3.03. The van der Waals surface area contributed by atoms with Crippen LogP contribution in [0.3, 0.4) is 0 Å². The van der Waals surface area contributed by atoms with E-state index in [0.29, 0.717) is 6.42 Å². The molecule has 0 aromatic carbocycles. The minimum absolute atomic E-state index is 0.134. The third kappa shape index (κ3) is 6.65. The molecule has 0 aromatic rings. The molecule has 0 heterocycles. The van der Waals surface area contributed by atoms with Crippen molar-refractivity contribution < 1.29 is 32.7 Å². The molecule has 2 unspecified atom stereocenters. The Balaban J connectivity index is 2.96. The molecular weight excluding hydrogens is 362 g/mol. The second-order valence-electron chi connectivity index (χ2n) is 5.86. The second kappa shape index (κ2) is 8.65. The van der Waals surface area contributed by atoms with E-state index >= 15 is 0 Å². The zero-order chi connectivity index (χ0) is 17.8. The van der Waals surface area contributed by atoms with Gasteiger partial charge in [-0.3, -0.25) is 4.57 Å². The number of hydrogen-bond acceptors (Lipinski definition) is 6. The summed E-state index contributed by atoms with van der Waals surface area (Å²) in [6.45, 7) is 2.06. The largest absolute Gasteiger partial charge is 0.378 e. The summed E-state index contributed by atoms with van der Waals surface area (Å²) in [4.78, 5) is 19.7. The Kier molecular flexibility index (Phi) is 8.06. The Morgan fingerprint density at radius 1 is 1.26 bits per heavy atom. The zero-order valence-electron chi connectivity index (χ0n) is 14.0. The third-order valence-corrected chi connectivity index (χ3v) is 6.39. The lowest BCUT2D eigenvalue weighted by atomic mass is 10.1. The summed E-state index contributed by atoms with van der Waals surface area (Å²) in [5.74, 6) is 1.02. The molecular formula is C13H26O7P2S. The van der Waals surface area contributed by atoms with Gasteiger partial charge in [0.25, 0.3) is 0 Å². The third-order valence-electron chi connectivity index (χ3n) is 3.60. The van der Waals surface area contributed by atoms with Gasteiger partial charge in [0.2, 0.25) is 0 Å². The van der Waals surface area contributed by atoms with Crippen molar-refractivity contribution >= 4 is 26.1 Å². The van der Waals surface area contributed by atoms with Gasteiger partial charge in [-0.15, -0.1) is 0 Å². The van der Waals surface area contributed by atoms with Gasteiger partial charge in [-0.2, -0.15) is 0 Å². The molecule has 7 nitrogen and oxygen atoms in total. The van der Waals surface area contributed by atoms with E-state index in [1.807, 2.05) is 6.92 Å². The fraction of sp³-hybridized carbons (Fsp3) is 0.846. The van der Waals surface area contributed by atoms with Crippen LogP contribution in [-0.4, -0.2) is 42.3 Å². The average molecular weight is 388 g/mol. The summed E-state index contributed by atoms with van der Waals surface area (Å²) in [7, 11) is -1.04. The van der Waals surface area contributed by atoms with Crippen LogP contribution >= 0.6 is 14.3 Å². The van der Waals surface area contributed by atoms with Gasteiger partial charge in [-0.05, 0) is 38.0 Å². The number of ether oxygens (including phenoxy) is 1. The highest BCUT2D eigenvalue weighted by Crippen LogP contribution is 2.52. The molecule has 1 saturated carbocycles. The van der Waals surface area contributed by atoms with Gasteiger partial charge in [0.05, 0.1) is 18.3 Å². The van der Waals surface area contributed by atoms with Crippen molar-refractivity contribution in [3.8, 4) is 0 Å². The Morgan fingerprint density at radius 3 is 2.35 bits per heavy atom. The quantitative estimate of drug-likeness (QED) is 0.613. The fourth-order valence-corrected chi connectivity index (χ4v) is 5.22. The van der Waals surface area contributed by atoms with E-state index < -0.39 is 20.4 Å². The van der Waals surface area contributed by atoms with Gasteiger partial charge in [-0.1, -0.05) is 13.0 Å². The smallest absolute Gasteiger partial charge is 0.351 e. The highest BCUT2D eigenvalue weighted by Gasteiger charge is 2.44. The Bertz CT molecular complexity index is 511. The monoisotopic (exact) mass is 388 g/mol. The lowest BCUT2D eigenvalue weighted by Crippen LogP contribution is -2.31. The Labute approximate surface area is 142 Å². The van der Waals surface area contributed by atoms with Crippen LogP contribution in [0.1, 0.15) is 27.2 Å². The van der Waals surface area contributed by atoms with Crippen molar-refractivity contribution in [1.82, 2.24) is 0 Å². The molecule has 1 aliphatic carbocycles. The molecule has 10 heteroatoms. The molecule has 2 N–H and O–H groups in total. The van der Waals surface area contributed by atoms with Crippen LogP contribution in [0.4, 0.5) is 0 Å². The van der Waals surface area contributed by atoms with E-state index in [1.165, 1.54) is 7.11 Å². The van der Waals surface area contributed by atoms with E-state index in [4.69, 9.17) is 25.6 Å². The normalized spacial score (nSPS) is 33.9. The minimum Gasteiger partial charge on any atom is -0.378 e. The Morgan fingerprint density at radius 2 is 1.87 bits per heavy atom. The molecule has 6 atom stereocenters. The van der Waals surface area contributed by atoms with Gasteiger partial charge in [0.1, 0.15) is 0 Å². The molecule has 1 fully saturated rings. The first-order valence-electron chi connectivity index (χ1n) is 7.31. The van der Waals surface area contributed by atoms with E-state index in [1.54, 1.807) is 27.0 Å². The average Bonchev–Trinajstić information content (AvgIpc) is 2.70. The van der Waals surface area contributed by atoms with Gasteiger partial charge >= 0.3 is 14.3 Å².